The van der Waals surface area contributed by atoms with Gasteiger partial charge in [0.15, 0.2) is 0 Å². The van der Waals surface area contributed by atoms with Crippen molar-refractivity contribution in [2.45, 2.75) is 13.5 Å². The second-order valence-electron chi connectivity index (χ2n) is 9.00. The van der Waals surface area contributed by atoms with E-state index in [0.717, 1.165) is 27.6 Å². The number of allylic oxidation sites excluding steroid dienone is 3. The van der Waals surface area contributed by atoms with Crippen LogP contribution in [0.5, 0.6) is 0 Å². The van der Waals surface area contributed by atoms with Crippen molar-refractivity contribution in [2.75, 3.05) is 19.0 Å². The molecule has 9 nitrogen and oxygen atoms in total. The molecule has 3 aromatic rings. The van der Waals surface area contributed by atoms with Crippen molar-refractivity contribution in [3.05, 3.63) is 95.9 Å². The van der Waals surface area contributed by atoms with Gasteiger partial charge in [-0.15, -0.1) is 0 Å². The molecular formula is C29H29N5O4. The van der Waals surface area contributed by atoms with E-state index in [1.165, 1.54) is 18.1 Å². The monoisotopic (exact) mass is 511 g/mol. The Morgan fingerprint density at radius 2 is 1.95 bits per heavy atom. The summed E-state index contributed by atoms with van der Waals surface area (Å²) < 4.78 is 6.92. The molecule has 3 N–H and O–H groups in total. The van der Waals surface area contributed by atoms with Crippen molar-refractivity contribution in [3.8, 4) is 11.1 Å². The summed E-state index contributed by atoms with van der Waals surface area (Å²) in [5.74, 6) is -0.746. The van der Waals surface area contributed by atoms with E-state index in [-0.39, 0.29) is 30.5 Å². The zero-order chi connectivity index (χ0) is 27.6. The normalized spacial score (nSPS) is 13.4. The Morgan fingerprint density at radius 3 is 2.63 bits per heavy atom. The topological polar surface area (TPSA) is 120 Å². The van der Waals surface area contributed by atoms with Gasteiger partial charge in [0.25, 0.3) is 11.8 Å². The van der Waals surface area contributed by atoms with Gasteiger partial charge in [0.05, 0.1) is 25.4 Å². The quantitative estimate of drug-likeness (QED) is 0.257. The summed E-state index contributed by atoms with van der Waals surface area (Å²) in [5.41, 5.74) is 10.2. The van der Waals surface area contributed by atoms with Crippen LogP contribution in [0.2, 0.25) is 0 Å². The van der Waals surface area contributed by atoms with Crippen molar-refractivity contribution in [3.63, 3.8) is 0 Å². The van der Waals surface area contributed by atoms with Crippen LogP contribution in [-0.4, -0.2) is 46.1 Å². The minimum atomic E-state index is -0.659. The molecular weight excluding hydrogens is 482 g/mol. The molecule has 0 unspecified atom stereocenters. The third-order valence-corrected chi connectivity index (χ3v) is 6.46. The van der Waals surface area contributed by atoms with E-state index in [2.05, 4.69) is 23.6 Å². The molecule has 0 fully saturated rings. The van der Waals surface area contributed by atoms with Gasteiger partial charge >= 0.3 is 0 Å². The zero-order valence-electron chi connectivity index (χ0n) is 21.6. The van der Waals surface area contributed by atoms with Gasteiger partial charge in [-0.1, -0.05) is 31.4 Å². The number of aromatic nitrogens is 2. The number of fused-ring (bicyclic) bond motifs is 2. The molecule has 2 aromatic carbocycles. The highest BCUT2D eigenvalue weighted by Gasteiger charge is 2.31. The lowest BCUT2D eigenvalue weighted by Gasteiger charge is -2.16. The van der Waals surface area contributed by atoms with Gasteiger partial charge in [-0.3, -0.25) is 19.1 Å². The third-order valence-electron chi connectivity index (χ3n) is 6.46. The van der Waals surface area contributed by atoms with Crippen LogP contribution < -0.4 is 11.1 Å². The minimum Gasteiger partial charge on any atom is -0.497 e. The first kappa shape index (κ1) is 26.2. The molecule has 9 heteroatoms. The Morgan fingerprint density at radius 1 is 1.21 bits per heavy atom. The first-order valence-corrected chi connectivity index (χ1v) is 11.8. The molecule has 0 atom stereocenters. The first-order chi connectivity index (χ1) is 18.1. The molecule has 0 saturated heterocycles. The average Bonchev–Trinajstić information content (AvgIpc) is 3.43. The Balaban J connectivity index is 1.76. The predicted octanol–water partition coefficient (Wildman–Crippen LogP) is 3.84. The molecule has 0 spiro atoms. The fraction of sp³-hybridized carbons (Fsp3) is 0.172. The summed E-state index contributed by atoms with van der Waals surface area (Å²) in [6.45, 7) is 9.32. The molecule has 0 aliphatic carbocycles. The maximum atomic E-state index is 13.3. The number of nitrogens with two attached hydrogens (primary N) is 1. The number of hydrogen-bond acceptors (Lipinski definition) is 5. The molecule has 4 rings (SSSR count). The van der Waals surface area contributed by atoms with Crippen LogP contribution in [0.3, 0.4) is 0 Å². The average molecular weight is 512 g/mol. The number of nitrogens with one attached hydrogen (secondary N) is 1. The number of amides is 3. The second-order valence-corrected chi connectivity index (χ2v) is 9.00. The maximum absolute atomic E-state index is 13.3. The fourth-order valence-electron chi connectivity index (χ4n) is 4.28. The molecule has 2 heterocycles. The summed E-state index contributed by atoms with van der Waals surface area (Å²) in [5, 5.41) is 8.19. The SMILES string of the molecule is C=C/C(=C\C=C(/C)C(=O)Nc1cc2c(c(-c3ccc4cnn(C)c4c3)c1)CN(CC(=C)C(N)=O)C2=O)OC. The fourth-order valence-corrected chi connectivity index (χ4v) is 4.28. The molecule has 0 saturated carbocycles. The zero-order valence-corrected chi connectivity index (χ0v) is 21.6. The van der Waals surface area contributed by atoms with E-state index in [1.807, 2.05) is 31.3 Å². The lowest BCUT2D eigenvalue weighted by Crippen LogP contribution is -2.30. The highest BCUT2D eigenvalue weighted by atomic mass is 16.5. The number of nitrogens with zero attached hydrogens (tertiary/aromatic N) is 3. The summed E-state index contributed by atoms with van der Waals surface area (Å²) in [6.07, 6.45) is 6.60. The molecule has 0 radical (unpaired) electrons. The molecule has 3 amide bonds. The standard InChI is InChI=1S/C29H29N5O4/c1-6-22(38-5)10-7-17(2)28(36)32-21-12-23(19-8-9-20-14-31-33(4)26(20)11-19)25-16-34(15-18(3)27(30)35)29(37)24(25)13-21/h6-14H,1,3,15-16H2,2,4-5H3,(H2,30,35)(H,32,36)/b17-7+,22-10+. The number of methoxy groups -OCH3 is 1. The molecule has 1 aliphatic heterocycles. The van der Waals surface area contributed by atoms with Crippen LogP contribution in [0.1, 0.15) is 22.8 Å². The summed E-state index contributed by atoms with van der Waals surface area (Å²) in [6, 6.07) is 9.42. The number of aryl methyl sites for hydroxylation is 1. The summed E-state index contributed by atoms with van der Waals surface area (Å²) in [4.78, 5) is 39.4. The highest BCUT2D eigenvalue weighted by molar-refractivity contribution is 6.07. The Bertz CT molecular complexity index is 1560. The molecule has 0 bridgehead atoms. The van der Waals surface area contributed by atoms with Crippen LogP contribution >= 0.6 is 0 Å². The van der Waals surface area contributed by atoms with Gasteiger partial charge in [0, 0.05) is 41.4 Å². The van der Waals surface area contributed by atoms with Crippen molar-refractivity contribution in [1.82, 2.24) is 14.7 Å². The van der Waals surface area contributed by atoms with Crippen LogP contribution in [0, 0.1) is 0 Å². The van der Waals surface area contributed by atoms with E-state index in [4.69, 9.17) is 10.5 Å². The smallest absolute Gasteiger partial charge is 0.254 e. The minimum absolute atomic E-state index is 0.0179. The molecule has 1 aliphatic rings. The lowest BCUT2D eigenvalue weighted by molar-refractivity contribution is -0.115. The van der Waals surface area contributed by atoms with Gasteiger partial charge in [-0.25, -0.2) is 0 Å². The predicted molar refractivity (Wildman–Crippen MR) is 147 cm³/mol. The van der Waals surface area contributed by atoms with E-state index in [0.29, 0.717) is 22.6 Å². The Labute approximate surface area is 220 Å². The first-order valence-electron chi connectivity index (χ1n) is 11.8. The number of hydrogen-bond donors (Lipinski definition) is 2. The summed E-state index contributed by atoms with van der Waals surface area (Å²) >= 11 is 0. The number of benzene rings is 2. The van der Waals surface area contributed by atoms with Gasteiger partial charge in [0.2, 0.25) is 5.91 Å². The molecule has 38 heavy (non-hydrogen) atoms. The van der Waals surface area contributed by atoms with Gasteiger partial charge in [-0.2, -0.15) is 5.10 Å². The second kappa shape index (κ2) is 10.6. The van der Waals surface area contributed by atoms with Crippen molar-refractivity contribution in [1.29, 1.82) is 0 Å². The number of rotatable bonds is 9. The van der Waals surface area contributed by atoms with Gasteiger partial charge in [0.1, 0.15) is 5.76 Å². The lowest BCUT2D eigenvalue weighted by atomic mass is 9.95. The number of carbonyl (C=O) groups is 3. The number of ether oxygens (including phenoxy) is 1. The summed E-state index contributed by atoms with van der Waals surface area (Å²) in [7, 11) is 3.38. The largest absolute Gasteiger partial charge is 0.497 e. The van der Waals surface area contributed by atoms with E-state index in [1.54, 1.807) is 36.0 Å². The Kier molecular flexibility index (Phi) is 7.29. The molecule has 1 aromatic heterocycles. The van der Waals surface area contributed by atoms with Crippen LogP contribution in [0.25, 0.3) is 22.0 Å². The van der Waals surface area contributed by atoms with E-state index >= 15 is 0 Å². The van der Waals surface area contributed by atoms with Crippen LogP contribution in [0.4, 0.5) is 5.69 Å². The van der Waals surface area contributed by atoms with Crippen LogP contribution in [-0.2, 0) is 27.9 Å². The number of carbonyl (C=O) groups excluding carboxylic acids is 3. The van der Waals surface area contributed by atoms with E-state index < -0.39 is 5.91 Å². The van der Waals surface area contributed by atoms with Crippen molar-refractivity contribution < 1.29 is 19.1 Å². The van der Waals surface area contributed by atoms with Gasteiger partial charge < -0.3 is 20.7 Å². The third kappa shape index (κ3) is 5.12. The number of primary amides is 1. The highest BCUT2D eigenvalue weighted by Crippen LogP contribution is 2.37. The van der Waals surface area contributed by atoms with Gasteiger partial charge in [-0.05, 0) is 54.0 Å². The Hall–Kier alpha value is -4.92. The molecule has 194 valence electrons. The van der Waals surface area contributed by atoms with Crippen LogP contribution in [0.15, 0.2) is 84.8 Å². The maximum Gasteiger partial charge on any atom is 0.254 e. The van der Waals surface area contributed by atoms with Crippen molar-refractivity contribution in [2.24, 2.45) is 12.8 Å². The van der Waals surface area contributed by atoms with Crippen molar-refractivity contribution >= 4 is 34.3 Å². The van der Waals surface area contributed by atoms with E-state index in [9.17, 15) is 14.4 Å². The number of anilines is 1.